The Labute approximate surface area is 177 Å². The van der Waals surface area contributed by atoms with Gasteiger partial charge in [0.1, 0.15) is 0 Å². The molecule has 1 heterocycles. The van der Waals surface area contributed by atoms with Gasteiger partial charge in [-0.2, -0.15) is 5.10 Å². The highest BCUT2D eigenvalue weighted by molar-refractivity contribution is 5.83. The number of fused-ring (bicyclic) bond motifs is 1. The highest BCUT2D eigenvalue weighted by atomic mass is 16.2. The molecule has 0 N–H and O–H groups in total. The molecule has 1 amide bonds. The van der Waals surface area contributed by atoms with Crippen LogP contribution in [-0.2, 0) is 17.8 Å². The number of rotatable bonds is 6. The number of aromatic nitrogens is 2. The van der Waals surface area contributed by atoms with Crippen LogP contribution in [0.5, 0.6) is 0 Å². The molecule has 30 heavy (non-hydrogen) atoms. The summed E-state index contributed by atoms with van der Waals surface area (Å²) in [5.74, 6) is 0.148. The highest BCUT2D eigenvalue weighted by Gasteiger charge is 2.17. The van der Waals surface area contributed by atoms with Crippen molar-refractivity contribution in [3.05, 3.63) is 95.3 Å². The molecule has 0 saturated heterocycles. The monoisotopic (exact) mass is 397 g/mol. The van der Waals surface area contributed by atoms with Crippen LogP contribution in [0, 0.1) is 13.8 Å². The Bertz CT molecular complexity index is 1180. The predicted molar refractivity (Wildman–Crippen MR) is 122 cm³/mol. The number of hydrogen-bond acceptors (Lipinski definition) is 2. The third-order valence-electron chi connectivity index (χ3n) is 5.70. The number of benzene rings is 3. The maximum Gasteiger partial charge on any atom is 0.222 e. The molecule has 1 aromatic heterocycles. The van der Waals surface area contributed by atoms with Crippen molar-refractivity contribution in [2.24, 2.45) is 0 Å². The molecule has 0 aliphatic carbocycles. The quantitative estimate of drug-likeness (QED) is 0.447. The second-order valence-electron chi connectivity index (χ2n) is 7.83. The lowest BCUT2D eigenvalue weighted by Crippen LogP contribution is -2.27. The van der Waals surface area contributed by atoms with Crippen molar-refractivity contribution >= 4 is 16.7 Å². The Morgan fingerprint density at radius 1 is 0.933 bits per heavy atom. The molecule has 4 aromatic rings. The molecule has 0 radical (unpaired) electrons. The van der Waals surface area contributed by atoms with Gasteiger partial charge in [-0.3, -0.25) is 4.79 Å². The lowest BCUT2D eigenvalue weighted by molar-refractivity contribution is -0.130. The lowest BCUT2D eigenvalue weighted by atomic mass is 10.0. The molecule has 0 saturated carbocycles. The van der Waals surface area contributed by atoms with Gasteiger partial charge < -0.3 is 4.90 Å². The van der Waals surface area contributed by atoms with E-state index in [0.717, 1.165) is 29.1 Å². The summed E-state index contributed by atoms with van der Waals surface area (Å²) in [6, 6.07) is 24.8. The van der Waals surface area contributed by atoms with E-state index in [0.29, 0.717) is 13.0 Å². The zero-order chi connectivity index (χ0) is 21.1. The maximum atomic E-state index is 12.8. The number of nitrogens with zero attached hydrogens (tertiary/aromatic N) is 3. The first-order valence-electron chi connectivity index (χ1n) is 10.3. The fourth-order valence-corrected chi connectivity index (χ4v) is 3.89. The maximum absolute atomic E-state index is 12.8. The van der Waals surface area contributed by atoms with Gasteiger partial charge in [0, 0.05) is 31.3 Å². The van der Waals surface area contributed by atoms with E-state index in [2.05, 4.69) is 37.3 Å². The van der Waals surface area contributed by atoms with Crippen LogP contribution in [0.4, 0.5) is 0 Å². The molecular weight excluding hydrogens is 370 g/mol. The van der Waals surface area contributed by atoms with Crippen LogP contribution >= 0.6 is 0 Å². The van der Waals surface area contributed by atoms with Crippen LogP contribution in [0.25, 0.3) is 16.5 Å². The molecule has 0 aliphatic rings. The Kier molecular flexibility index (Phi) is 5.66. The van der Waals surface area contributed by atoms with Gasteiger partial charge in [-0.05, 0) is 48.7 Å². The van der Waals surface area contributed by atoms with Gasteiger partial charge in [0.15, 0.2) is 0 Å². The topological polar surface area (TPSA) is 38.1 Å². The van der Waals surface area contributed by atoms with E-state index >= 15 is 0 Å². The van der Waals surface area contributed by atoms with Crippen LogP contribution in [0.2, 0.25) is 0 Å². The molecule has 3 aromatic carbocycles. The Morgan fingerprint density at radius 3 is 2.40 bits per heavy atom. The van der Waals surface area contributed by atoms with Crippen LogP contribution < -0.4 is 0 Å². The lowest BCUT2D eigenvalue weighted by Gasteiger charge is -2.18. The second kappa shape index (κ2) is 8.54. The Morgan fingerprint density at radius 2 is 1.63 bits per heavy atom. The molecular formula is C26H27N3O. The number of amides is 1. The van der Waals surface area contributed by atoms with Crippen LogP contribution in [0.1, 0.15) is 28.9 Å². The number of para-hydroxylation sites is 1. The van der Waals surface area contributed by atoms with Crippen molar-refractivity contribution < 1.29 is 4.79 Å². The average molecular weight is 398 g/mol. The summed E-state index contributed by atoms with van der Waals surface area (Å²) in [7, 11) is 1.88. The molecule has 4 nitrogen and oxygen atoms in total. The predicted octanol–water partition coefficient (Wildman–Crippen LogP) is 5.23. The molecule has 0 spiro atoms. The molecule has 0 fully saturated rings. The van der Waals surface area contributed by atoms with Crippen LogP contribution in [0.15, 0.2) is 72.8 Å². The zero-order valence-electron chi connectivity index (χ0n) is 17.8. The highest BCUT2D eigenvalue weighted by Crippen LogP contribution is 2.20. The van der Waals surface area contributed by atoms with Gasteiger partial charge in [-0.1, -0.05) is 60.7 Å². The first-order valence-corrected chi connectivity index (χ1v) is 10.3. The van der Waals surface area contributed by atoms with E-state index in [9.17, 15) is 4.79 Å². The molecule has 0 bridgehead atoms. The SMILES string of the molecule is Cc1nn(-c2ccccc2)c(C)c1CN(C)C(=O)CCc1ccc2ccccc2c1. The van der Waals surface area contributed by atoms with Crippen molar-refractivity contribution in [2.75, 3.05) is 7.05 Å². The number of carbonyl (C=O) groups excluding carboxylic acids is 1. The van der Waals surface area contributed by atoms with Gasteiger partial charge in [-0.15, -0.1) is 0 Å². The van der Waals surface area contributed by atoms with Gasteiger partial charge >= 0.3 is 0 Å². The summed E-state index contributed by atoms with van der Waals surface area (Å²) >= 11 is 0. The molecule has 0 aliphatic heterocycles. The fraction of sp³-hybridized carbons (Fsp3) is 0.231. The average Bonchev–Trinajstić information content (AvgIpc) is 3.06. The van der Waals surface area contributed by atoms with Crippen molar-refractivity contribution in [1.29, 1.82) is 0 Å². The van der Waals surface area contributed by atoms with Gasteiger partial charge in [0.25, 0.3) is 0 Å². The van der Waals surface area contributed by atoms with Crippen molar-refractivity contribution in [3.63, 3.8) is 0 Å². The number of aryl methyl sites for hydroxylation is 2. The van der Waals surface area contributed by atoms with Gasteiger partial charge in [-0.25, -0.2) is 4.68 Å². The minimum absolute atomic E-state index is 0.148. The molecule has 0 unspecified atom stereocenters. The largest absolute Gasteiger partial charge is 0.341 e. The van der Waals surface area contributed by atoms with E-state index in [1.165, 1.54) is 16.3 Å². The number of hydrogen-bond donors (Lipinski definition) is 0. The first kappa shape index (κ1) is 19.9. The van der Waals surface area contributed by atoms with E-state index in [-0.39, 0.29) is 5.91 Å². The van der Waals surface area contributed by atoms with E-state index in [1.54, 1.807) is 0 Å². The van der Waals surface area contributed by atoms with Gasteiger partial charge in [0.2, 0.25) is 5.91 Å². The standard InChI is InChI=1S/C26H27N3O/c1-19-25(20(2)29(27-19)24-11-5-4-6-12-24)18-28(3)26(30)16-14-21-13-15-22-9-7-8-10-23(22)17-21/h4-13,15,17H,14,16,18H2,1-3H3. The van der Waals surface area contributed by atoms with Crippen molar-refractivity contribution in [2.45, 2.75) is 33.2 Å². The van der Waals surface area contributed by atoms with E-state index in [1.807, 2.05) is 66.0 Å². The van der Waals surface area contributed by atoms with Crippen LogP contribution in [0.3, 0.4) is 0 Å². The summed E-state index contributed by atoms with van der Waals surface area (Å²) in [6.07, 6.45) is 1.25. The second-order valence-corrected chi connectivity index (χ2v) is 7.83. The first-order chi connectivity index (χ1) is 14.5. The summed E-state index contributed by atoms with van der Waals surface area (Å²) in [5, 5.41) is 7.14. The zero-order valence-corrected chi connectivity index (χ0v) is 17.8. The fourth-order valence-electron chi connectivity index (χ4n) is 3.89. The molecule has 0 atom stereocenters. The van der Waals surface area contributed by atoms with Gasteiger partial charge in [0.05, 0.1) is 11.4 Å². The van der Waals surface area contributed by atoms with E-state index < -0.39 is 0 Å². The summed E-state index contributed by atoms with van der Waals surface area (Å²) < 4.78 is 1.96. The normalized spacial score (nSPS) is 11.0. The van der Waals surface area contributed by atoms with Crippen molar-refractivity contribution in [3.8, 4) is 5.69 Å². The van der Waals surface area contributed by atoms with Crippen LogP contribution in [-0.4, -0.2) is 27.6 Å². The Hall–Kier alpha value is -3.40. The van der Waals surface area contributed by atoms with E-state index in [4.69, 9.17) is 5.10 Å². The molecule has 152 valence electrons. The van der Waals surface area contributed by atoms with Crippen molar-refractivity contribution in [1.82, 2.24) is 14.7 Å². The smallest absolute Gasteiger partial charge is 0.222 e. The summed E-state index contributed by atoms with van der Waals surface area (Å²) in [5.41, 5.74) is 5.38. The summed E-state index contributed by atoms with van der Waals surface area (Å²) in [6.45, 7) is 4.64. The molecule has 4 heteroatoms. The summed E-state index contributed by atoms with van der Waals surface area (Å²) in [4.78, 5) is 14.6. The Balaban J connectivity index is 1.42. The minimum atomic E-state index is 0.148. The molecule has 4 rings (SSSR count). The third kappa shape index (κ3) is 4.13. The third-order valence-corrected chi connectivity index (χ3v) is 5.70. The minimum Gasteiger partial charge on any atom is -0.341 e. The number of carbonyl (C=O) groups is 1.